The van der Waals surface area contributed by atoms with Crippen molar-refractivity contribution >= 4 is 21.7 Å². The van der Waals surface area contributed by atoms with Crippen molar-refractivity contribution < 1.29 is 18.0 Å². The number of pyridine rings is 1. The lowest BCUT2D eigenvalue weighted by atomic mass is 10.00. The molecular formula is C14H9BrF3NO. The number of halogens is 4. The molecular weight excluding hydrogens is 335 g/mol. The number of Topliss-reactive ketones (excluding diaryl/α,β-unsaturated/α-hetero) is 1. The van der Waals surface area contributed by atoms with Crippen LogP contribution in [0.4, 0.5) is 13.2 Å². The van der Waals surface area contributed by atoms with Crippen molar-refractivity contribution in [2.24, 2.45) is 0 Å². The molecule has 0 amide bonds. The molecule has 2 aromatic rings. The minimum absolute atomic E-state index is 0.153. The Kier molecular flexibility index (Phi) is 4.23. The van der Waals surface area contributed by atoms with Crippen LogP contribution in [0.5, 0.6) is 0 Å². The van der Waals surface area contributed by atoms with Gasteiger partial charge in [0.15, 0.2) is 5.78 Å². The van der Waals surface area contributed by atoms with E-state index in [-0.39, 0.29) is 11.5 Å². The van der Waals surface area contributed by atoms with Gasteiger partial charge >= 0.3 is 0 Å². The van der Waals surface area contributed by atoms with Gasteiger partial charge in [0.2, 0.25) is 0 Å². The molecule has 1 aromatic carbocycles. The van der Waals surface area contributed by atoms with Crippen molar-refractivity contribution in [3.05, 3.63) is 52.0 Å². The topological polar surface area (TPSA) is 30.0 Å². The van der Waals surface area contributed by atoms with Gasteiger partial charge < -0.3 is 0 Å². The van der Waals surface area contributed by atoms with Gasteiger partial charge in [0, 0.05) is 23.2 Å². The van der Waals surface area contributed by atoms with Crippen LogP contribution in [-0.2, 0) is 0 Å². The lowest BCUT2D eigenvalue weighted by Crippen LogP contribution is -2.01. The number of alkyl halides is 2. The first-order valence-corrected chi connectivity index (χ1v) is 6.44. The van der Waals surface area contributed by atoms with Crippen LogP contribution in [0.3, 0.4) is 0 Å². The largest absolute Gasteiger partial charge is 0.293 e. The van der Waals surface area contributed by atoms with Gasteiger partial charge in [0.1, 0.15) is 11.5 Å². The smallest absolute Gasteiger partial charge is 0.266 e. The molecule has 20 heavy (non-hydrogen) atoms. The van der Waals surface area contributed by atoms with E-state index in [2.05, 4.69) is 20.9 Å². The van der Waals surface area contributed by atoms with Gasteiger partial charge in [-0.25, -0.2) is 13.2 Å². The predicted molar refractivity (Wildman–Crippen MR) is 72.3 cm³/mol. The Morgan fingerprint density at radius 2 is 2.00 bits per heavy atom. The second-order valence-electron chi connectivity index (χ2n) is 4.14. The molecule has 0 saturated carbocycles. The lowest BCUT2D eigenvalue weighted by Gasteiger charge is -2.09. The van der Waals surface area contributed by atoms with Crippen LogP contribution in [0.1, 0.15) is 29.4 Å². The Hall–Kier alpha value is -1.69. The first-order chi connectivity index (χ1) is 9.40. The van der Waals surface area contributed by atoms with Gasteiger partial charge in [-0.15, -0.1) is 0 Å². The van der Waals surface area contributed by atoms with Crippen LogP contribution >= 0.6 is 15.9 Å². The highest BCUT2D eigenvalue weighted by Gasteiger charge is 2.17. The quantitative estimate of drug-likeness (QED) is 0.750. The van der Waals surface area contributed by atoms with Crippen LogP contribution in [0.25, 0.3) is 11.1 Å². The second-order valence-corrected chi connectivity index (χ2v) is 5.06. The third-order valence-corrected chi connectivity index (χ3v) is 3.16. The molecule has 2 rings (SSSR count). The molecule has 2 nitrogen and oxygen atoms in total. The van der Waals surface area contributed by atoms with Crippen LogP contribution < -0.4 is 0 Å². The molecule has 0 saturated heterocycles. The minimum Gasteiger partial charge on any atom is -0.293 e. The van der Waals surface area contributed by atoms with E-state index in [0.717, 1.165) is 12.1 Å². The van der Waals surface area contributed by atoms with Gasteiger partial charge in [-0.05, 0) is 39.7 Å². The average molecular weight is 344 g/mol. The van der Waals surface area contributed by atoms with E-state index >= 15 is 0 Å². The molecule has 0 aliphatic heterocycles. The third-order valence-electron chi connectivity index (χ3n) is 2.73. The number of carbonyl (C=O) groups excluding carboxylic acids is 1. The molecule has 0 radical (unpaired) electrons. The summed E-state index contributed by atoms with van der Waals surface area (Å²) in [6, 6.07) is 4.93. The number of ketones is 1. The molecule has 0 spiro atoms. The Morgan fingerprint density at radius 3 is 2.60 bits per heavy atom. The zero-order valence-electron chi connectivity index (χ0n) is 10.3. The van der Waals surface area contributed by atoms with E-state index < -0.39 is 17.8 Å². The van der Waals surface area contributed by atoms with Gasteiger partial charge in [-0.1, -0.05) is 6.07 Å². The zero-order chi connectivity index (χ0) is 14.9. The molecule has 1 aromatic heterocycles. The van der Waals surface area contributed by atoms with Crippen molar-refractivity contribution in [3.63, 3.8) is 0 Å². The first-order valence-electron chi connectivity index (χ1n) is 5.64. The highest BCUT2D eigenvalue weighted by atomic mass is 79.9. The summed E-state index contributed by atoms with van der Waals surface area (Å²) >= 11 is 3.21. The number of hydrogen-bond donors (Lipinski definition) is 0. The first kappa shape index (κ1) is 14.7. The molecule has 0 aliphatic carbocycles. The molecule has 0 aliphatic rings. The Morgan fingerprint density at radius 1 is 1.30 bits per heavy atom. The van der Waals surface area contributed by atoms with Gasteiger partial charge in [0.25, 0.3) is 6.43 Å². The van der Waals surface area contributed by atoms with E-state index in [4.69, 9.17) is 0 Å². The van der Waals surface area contributed by atoms with Crippen molar-refractivity contribution in [1.29, 1.82) is 0 Å². The maximum absolute atomic E-state index is 13.3. The standard InChI is InChI=1S/C14H9BrF3NO/c1-7(20)13-10(5-9(15)6-19-13)8-2-3-12(16)11(4-8)14(17)18/h2-6,14H,1H3. The Bertz CT molecular complexity index is 673. The predicted octanol–water partition coefficient (Wildman–Crippen LogP) is 4.79. The molecule has 1 heterocycles. The Balaban J connectivity index is 2.65. The van der Waals surface area contributed by atoms with Crippen LogP contribution in [0.15, 0.2) is 34.9 Å². The molecule has 0 bridgehead atoms. The van der Waals surface area contributed by atoms with E-state index in [0.29, 0.717) is 15.6 Å². The second kappa shape index (κ2) is 5.75. The average Bonchev–Trinajstić information content (AvgIpc) is 2.38. The third kappa shape index (κ3) is 2.90. The maximum Gasteiger partial charge on any atom is 0.266 e. The van der Waals surface area contributed by atoms with Crippen LogP contribution in [-0.4, -0.2) is 10.8 Å². The highest BCUT2D eigenvalue weighted by Crippen LogP contribution is 2.31. The minimum atomic E-state index is -2.92. The van der Waals surface area contributed by atoms with Gasteiger partial charge in [-0.3, -0.25) is 9.78 Å². The molecule has 0 unspecified atom stereocenters. The number of carbonyl (C=O) groups is 1. The van der Waals surface area contributed by atoms with Crippen molar-refractivity contribution in [2.45, 2.75) is 13.3 Å². The summed E-state index contributed by atoms with van der Waals surface area (Å²) in [6.45, 7) is 1.33. The fraction of sp³-hybridized carbons (Fsp3) is 0.143. The summed E-state index contributed by atoms with van der Waals surface area (Å²) in [5, 5.41) is 0. The van der Waals surface area contributed by atoms with E-state index in [1.807, 2.05) is 0 Å². The normalized spacial score (nSPS) is 10.9. The number of hydrogen-bond acceptors (Lipinski definition) is 2. The van der Waals surface area contributed by atoms with E-state index in [9.17, 15) is 18.0 Å². The highest BCUT2D eigenvalue weighted by molar-refractivity contribution is 9.10. The number of rotatable bonds is 3. The molecule has 0 atom stereocenters. The fourth-order valence-electron chi connectivity index (χ4n) is 1.82. The number of benzene rings is 1. The molecule has 0 N–H and O–H groups in total. The van der Waals surface area contributed by atoms with Gasteiger partial charge in [0.05, 0.1) is 5.56 Å². The summed E-state index contributed by atoms with van der Waals surface area (Å²) < 4.78 is 39.4. The van der Waals surface area contributed by atoms with Gasteiger partial charge in [-0.2, -0.15) is 0 Å². The number of aromatic nitrogens is 1. The molecule has 6 heteroatoms. The SMILES string of the molecule is CC(=O)c1ncc(Br)cc1-c1ccc(F)c(C(F)F)c1. The lowest BCUT2D eigenvalue weighted by molar-refractivity contribution is 0.101. The van der Waals surface area contributed by atoms with E-state index in [1.54, 1.807) is 6.07 Å². The monoisotopic (exact) mass is 343 g/mol. The molecule has 0 fully saturated rings. The fourth-order valence-corrected chi connectivity index (χ4v) is 2.15. The van der Waals surface area contributed by atoms with Crippen molar-refractivity contribution in [3.8, 4) is 11.1 Å². The summed E-state index contributed by atoms with van der Waals surface area (Å²) in [6.07, 6.45) is -1.48. The van der Waals surface area contributed by atoms with Crippen LogP contribution in [0.2, 0.25) is 0 Å². The van der Waals surface area contributed by atoms with Crippen molar-refractivity contribution in [1.82, 2.24) is 4.98 Å². The van der Waals surface area contributed by atoms with Crippen molar-refractivity contribution in [2.75, 3.05) is 0 Å². The summed E-state index contributed by atoms with van der Waals surface area (Å²) in [4.78, 5) is 15.5. The number of nitrogens with zero attached hydrogens (tertiary/aromatic N) is 1. The maximum atomic E-state index is 13.3. The zero-order valence-corrected chi connectivity index (χ0v) is 11.9. The van der Waals surface area contributed by atoms with Crippen LogP contribution in [0, 0.1) is 5.82 Å². The summed E-state index contributed by atoms with van der Waals surface area (Å²) in [5.41, 5.74) is 0.159. The molecule has 104 valence electrons. The summed E-state index contributed by atoms with van der Waals surface area (Å²) in [7, 11) is 0. The Labute approximate surface area is 121 Å². The van der Waals surface area contributed by atoms with E-state index in [1.165, 1.54) is 19.2 Å². The summed E-state index contributed by atoms with van der Waals surface area (Å²) in [5.74, 6) is -1.27.